The number of rotatable bonds is 5. The first kappa shape index (κ1) is 23.6. The maximum Gasteiger partial charge on any atom is 0.439 e. The van der Waals surface area contributed by atoms with Crippen molar-refractivity contribution in [3.63, 3.8) is 0 Å². The van der Waals surface area contributed by atoms with Crippen molar-refractivity contribution in [3.8, 4) is 5.75 Å². The molecule has 8 heteroatoms. The standard InChI is InChI=1S/C31H27FN4O3/c1-17(2)29-24(36-12-4-3-5-26(36)33-29)14-18-6-10-22-20(13-18)16-38-25-15-21(32)9-11-23(25)28(22)27(19-7-8-19)30-34-31(37)39-35-30/h3-6,9-13,15,17,19H,7-8,14,16H2,1-2H3,(H,34,35,37)/b28-27+. The van der Waals surface area contributed by atoms with E-state index in [-0.39, 0.29) is 17.7 Å². The number of allylic oxidation sites excluding steroid dienone is 1. The van der Waals surface area contributed by atoms with Gasteiger partial charge in [-0.15, -0.1) is 0 Å². The van der Waals surface area contributed by atoms with Gasteiger partial charge in [-0.1, -0.05) is 43.3 Å². The lowest BCUT2D eigenvalue weighted by Gasteiger charge is -2.16. The van der Waals surface area contributed by atoms with E-state index in [1.54, 1.807) is 6.07 Å². The quantitative estimate of drug-likeness (QED) is 0.300. The predicted octanol–water partition coefficient (Wildman–Crippen LogP) is 6.13. The summed E-state index contributed by atoms with van der Waals surface area (Å²) >= 11 is 0. The molecule has 0 unspecified atom stereocenters. The third-order valence-electron chi connectivity index (χ3n) is 7.56. The van der Waals surface area contributed by atoms with Crippen LogP contribution >= 0.6 is 0 Å². The van der Waals surface area contributed by atoms with Crippen molar-refractivity contribution >= 4 is 16.8 Å². The van der Waals surface area contributed by atoms with Crippen LogP contribution < -0.4 is 10.5 Å². The van der Waals surface area contributed by atoms with Gasteiger partial charge in [-0.25, -0.2) is 14.2 Å². The first-order valence-corrected chi connectivity index (χ1v) is 13.3. The maximum absolute atomic E-state index is 14.3. The minimum atomic E-state index is -0.600. The summed E-state index contributed by atoms with van der Waals surface area (Å²) in [5.41, 5.74) is 8.86. The maximum atomic E-state index is 14.3. The first-order chi connectivity index (χ1) is 19.0. The van der Waals surface area contributed by atoms with E-state index >= 15 is 0 Å². The summed E-state index contributed by atoms with van der Waals surface area (Å²) < 4.78 is 27.6. The summed E-state index contributed by atoms with van der Waals surface area (Å²) in [6.07, 6.45) is 4.72. The molecule has 1 aliphatic carbocycles. The summed E-state index contributed by atoms with van der Waals surface area (Å²) in [7, 11) is 0. The van der Waals surface area contributed by atoms with Crippen LogP contribution in [0.2, 0.25) is 0 Å². The van der Waals surface area contributed by atoms with Crippen molar-refractivity contribution < 1.29 is 13.7 Å². The number of nitrogens with zero attached hydrogens (tertiary/aromatic N) is 3. The number of halogens is 1. The van der Waals surface area contributed by atoms with Crippen LogP contribution in [0.1, 0.15) is 72.1 Å². The molecule has 1 fully saturated rings. The fourth-order valence-corrected chi connectivity index (χ4v) is 5.66. The molecule has 0 bridgehead atoms. The molecule has 1 N–H and O–H groups in total. The number of fused-ring (bicyclic) bond motifs is 3. The molecule has 2 aliphatic rings. The summed E-state index contributed by atoms with van der Waals surface area (Å²) in [4.78, 5) is 19.5. The van der Waals surface area contributed by atoms with Crippen molar-refractivity contribution in [2.75, 3.05) is 0 Å². The van der Waals surface area contributed by atoms with Gasteiger partial charge in [0.2, 0.25) is 0 Å². The van der Waals surface area contributed by atoms with Gasteiger partial charge in [0, 0.05) is 35.4 Å². The number of pyridine rings is 1. The van der Waals surface area contributed by atoms with Crippen molar-refractivity contribution in [1.29, 1.82) is 0 Å². The summed E-state index contributed by atoms with van der Waals surface area (Å²) in [5.74, 6) is 0.422. The Morgan fingerprint density at radius 1 is 1.13 bits per heavy atom. The molecular formula is C31H27FN4O3. The average Bonchev–Trinajstić information content (AvgIpc) is 3.60. The molecule has 7 rings (SSSR count). The Kier molecular flexibility index (Phi) is 5.50. The minimum Gasteiger partial charge on any atom is -0.488 e. The fraction of sp³-hybridized carbons (Fsp3) is 0.258. The van der Waals surface area contributed by atoms with Gasteiger partial charge in [-0.3, -0.25) is 9.51 Å². The lowest BCUT2D eigenvalue weighted by molar-refractivity contribution is 0.305. The van der Waals surface area contributed by atoms with E-state index in [1.165, 1.54) is 12.1 Å². The predicted molar refractivity (Wildman–Crippen MR) is 145 cm³/mol. The zero-order valence-electron chi connectivity index (χ0n) is 21.7. The van der Waals surface area contributed by atoms with Crippen LogP contribution in [-0.4, -0.2) is 19.5 Å². The summed E-state index contributed by atoms with van der Waals surface area (Å²) in [5, 5.41) is 4.04. The number of hydrogen-bond acceptors (Lipinski definition) is 5. The third kappa shape index (κ3) is 4.16. The van der Waals surface area contributed by atoms with Crippen molar-refractivity contribution in [3.05, 3.63) is 117 Å². The second-order valence-electron chi connectivity index (χ2n) is 10.6. The largest absolute Gasteiger partial charge is 0.488 e. The zero-order valence-corrected chi connectivity index (χ0v) is 21.7. The highest BCUT2D eigenvalue weighted by Crippen LogP contribution is 2.49. The molecule has 5 aromatic rings. The number of aromatic nitrogens is 4. The molecule has 4 heterocycles. The molecule has 39 heavy (non-hydrogen) atoms. The highest BCUT2D eigenvalue weighted by molar-refractivity contribution is 6.01. The van der Waals surface area contributed by atoms with Crippen LogP contribution in [0.4, 0.5) is 4.39 Å². The molecule has 3 aromatic heterocycles. The van der Waals surface area contributed by atoms with E-state index in [0.717, 1.165) is 63.3 Å². The van der Waals surface area contributed by atoms with Gasteiger partial charge in [0.05, 0.1) is 11.4 Å². The van der Waals surface area contributed by atoms with Crippen LogP contribution in [0.15, 0.2) is 70.1 Å². The van der Waals surface area contributed by atoms with Crippen LogP contribution in [0.3, 0.4) is 0 Å². The Bertz CT molecular complexity index is 1820. The van der Waals surface area contributed by atoms with Crippen LogP contribution in [0.5, 0.6) is 5.75 Å². The van der Waals surface area contributed by atoms with Crippen LogP contribution in [0.25, 0.3) is 16.8 Å². The molecule has 0 atom stereocenters. The molecule has 1 aliphatic heterocycles. The first-order valence-electron chi connectivity index (χ1n) is 13.3. The third-order valence-corrected chi connectivity index (χ3v) is 7.56. The normalized spacial score (nSPS) is 16.1. The van der Waals surface area contributed by atoms with Gasteiger partial charge in [0.1, 0.15) is 23.8 Å². The van der Waals surface area contributed by atoms with Crippen molar-refractivity contribution in [2.45, 2.75) is 45.6 Å². The van der Waals surface area contributed by atoms with E-state index in [2.05, 4.69) is 52.8 Å². The highest BCUT2D eigenvalue weighted by atomic mass is 19.1. The summed E-state index contributed by atoms with van der Waals surface area (Å²) in [6.45, 7) is 4.62. The number of H-pyrrole nitrogens is 1. The molecule has 2 aromatic carbocycles. The average molecular weight is 523 g/mol. The number of nitrogens with one attached hydrogen (secondary N) is 1. The topological polar surface area (TPSA) is 85.4 Å². The van der Waals surface area contributed by atoms with Gasteiger partial charge in [0.15, 0.2) is 5.82 Å². The van der Waals surface area contributed by atoms with Gasteiger partial charge < -0.3 is 9.14 Å². The second-order valence-corrected chi connectivity index (χ2v) is 10.6. The number of aromatic amines is 1. The minimum absolute atomic E-state index is 0.219. The number of hydrogen-bond donors (Lipinski definition) is 1. The van der Waals surface area contributed by atoms with Gasteiger partial charge in [-0.05, 0) is 65.6 Å². The number of ether oxygens (including phenoxy) is 1. The Morgan fingerprint density at radius 2 is 1.97 bits per heavy atom. The summed E-state index contributed by atoms with van der Waals surface area (Å²) in [6, 6.07) is 17.1. The number of benzene rings is 2. The van der Waals surface area contributed by atoms with Gasteiger partial charge >= 0.3 is 5.76 Å². The smallest absolute Gasteiger partial charge is 0.439 e. The van der Waals surface area contributed by atoms with Gasteiger partial charge in [0.25, 0.3) is 0 Å². The molecule has 0 amide bonds. The van der Waals surface area contributed by atoms with Gasteiger partial charge in [-0.2, -0.15) is 0 Å². The zero-order chi connectivity index (χ0) is 26.7. The van der Waals surface area contributed by atoms with E-state index in [9.17, 15) is 9.18 Å². The molecule has 196 valence electrons. The van der Waals surface area contributed by atoms with E-state index in [4.69, 9.17) is 14.2 Å². The Balaban J connectivity index is 1.40. The lowest BCUT2D eigenvalue weighted by atomic mass is 9.87. The molecular weight excluding hydrogens is 495 g/mol. The second kappa shape index (κ2) is 9.08. The van der Waals surface area contributed by atoms with Crippen LogP contribution in [-0.2, 0) is 13.0 Å². The van der Waals surface area contributed by atoms with Crippen molar-refractivity contribution in [2.24, 2.45) is 5.92 Å². The Hall–Kier alpha value is -4.46. The highest BCUT2D eigenvalue weighted by Gasteiger charge is 2.35. The monoisotopic (exact) mass is 522 g/mol. The lowest BCUT2D eigenvalue weighted by Crippen LogP contribution is -2.04. The molecule has 0 saturated heterocycles. The number of imidazole rings is 1. The van der Waals surface area contributed by atoms with E-state index in [1.807, 2.05) is 18.2 Å². The Labute approximate surface area is 224 Å². The van der Waals surface area contributed by atoms with E-state index in [0.29, 0.717) is 24.6 Å². The molecule has 7 nitrogen and oxygen atoms in total. The fourth-order valence-electron chi connectivity index (χ4n) is 5.66. The van der Waals surface area contributed by atoms with E-state index < -0.39 is 5.76 Å². The molecule has 1 saturated carbocycles. The SMILES string of the molecule is CC(C)c1nc2ccccn2c1Cc1ccc2c(c1)COc1cc(F)ccc1/C2=C(/c1noc(=O)[nH]1)C1CC1. The molecule has 0 radical (unpaired) electrons. The Morgan fingerprint density at radius 3 is 2.74 bits per heavy atom. The van der Waals surface area contributed by atoms with Crippen LogP contribution in [0, 0.1) is 11.7 Å². The molecule has 0 spiro atoms. The van der Waals surface area contributed by atoms with Crippen molar-refractivity contribution in [1.82, 2.24) is 19.5 Å².